The number of benzene rings is 1. The van der Waals surface area contributed by atoms with Crippen LogP contribution in [0.5, 0.6) is 0 Å². The molecule has 4 heteroatoms. The van der Waals surface area contributed by atoms with Crippen LogP contribution in [0.25, 0.3) is 10.9 Å². The fourth-order valence-corrected chi connectivity index (χ4v) is 2.68. The summed E-state index contributed by atoms with van der Waals surface area (Å²) in [7, 11) is -1.23. The summed E-state index contributed by atoms with van der Waals surface area (Å²) in [6, 6.07) is 9.14. The lowest BCUT2D eigenvalue weighted by atomic mass is 10.2. The number of hydrogen-bond donors (Lipinski definition) is 0. The number of rotatable bonds is 0. The highest BCUT2D eigenvalue weighted by atomic mass is 32.2. The minimum absolute atomic E-state index is 0.128. The largest absolute Gasteiger partial charge is 0.281 e. The van der Waals surface area contributed by atoms with Gasteiger partial charge in [0.25, 0.3) is 5.56 Å². The molecule has 1 aromatic carbocycles. The van der Waals surface area contributed by atoms with Gasteiger partial charge in [-0.3, -0.25) is 4.79 Å². The van der Waals surface area contributed by atoms with Crippen LogP contribution in [0.15, 0.2) is 40.0 Å². The Kier molecular flexibility index (Phi) is 1.13. The van der Waals surface area contributed by atoms with Crippen LogP contribution in [0.4, 0.5) is 0 Å². The van der Waals surface area contributed by atoms with Crippen molar-refractivity contribution in [3.63, 3.8) is 0 Å². The van der Waals surface area contributed by atoms with Crippen molar-refractivity contribution in [3.05, 3.63) is 40.7 Å². The molecule has 3 nitrogen and oxygen atoms in total. The molecule has 0 fully saturated rings. The van der Waals surface area contributed by atoms with Gasteiger partial charge >= 0.3 is 0 Å². The Morgan fingerprint density at radius 3 is 2.77 bits per heavy atom. The van der Waals surface area contributed by atoms with Crippen LogP contribution in [0.1, 0.15) is 0 Å². The highest BCUT2D eigenvalue weighted by Crippen LogP contribution is 2.22. The van der Waals surface area contributed by atoms with E-state index in [4.69, 9.17) is 0 Å². The van der Waals surface area contributed by atoms with E-state index in [2.05, 4.69) is 0 Å². The molecule has 4 rings (SSSR count). The van der Waals surface area contributed by atoms with Gasteiger partial charge in [-0.05, 0) is 12.1 Å². The van der Waals surface area contributed by atoms with Crippen molar-refractivity contribution in [2.75, 3.05) is 0 Å². The molecule has 0 N–H and O–H groups in total. The summed E-state index contributed by atoms with van der Waals surface area (Å²) < 4.78 is 12.7. The molecule has 2 aromatic rings. The lowest BCUT2D eigenvalue weighted by molar-refractivity contribution is 0.666. The molecule has 13 heavy (non-hydrogen) atoms. The van der Waals surface area contributed by atoms with E-state index < -0.39 is 11.0 Å². The number of hydrogen-bond acceptors (Lipinski definition) is 2. The van der Waals surface area contributed by atoms with E-state index in [-0.39, 0.29) is 5.56 Å². The SMILES string of the molecule is O=c1c2cc3ccccc3n1S2=O. The van der Waals surface area contributed by atoms with Gasteiger partial charge in [0.05, 0.1) is 5.52 Å². The van der Waals surface area contributed by atoms with Gasteiger partial charge < -0.3 is 0 Å². The average molecular weight is 191 g/mol. The zero-order valence-electron chi connectivity index (χ0n) is 6.56. The molecule has 2 bridgehead atoms. The van der Waals surface area contributed by atoms with Gasteiger partial charge in [-0.2, -0.15) is 0 Å². The fourth-order valence-electron chi connectivity index (χ4n) is 1.56. The van der Waals surface area contributed by atoms with E-state index in [9.17, 15) is 9.00 Å². The highest BCUT2D eigenvalue weighted by Gasteiger charge is 2.27. The third-order valence-corrected chi connectivity index (χ3v) is 3.55. The molecule has 0 aliphatic carbocycles. The van der Waals surface area contributed by atoms with Gasteiger partial charge in [0.1, 0.15) is 4.90 Å². The molecule has 1 atom stereocenters. The van der Waals surface area contributed by atoms with Crippen molar-refractivity contribution in [3.8, 4) is 0 Å². The first-order valence-electron chi connectivity index (χ1n) is 3.86. The average Bonchev–Trinajstić information content (AvgIpc) is 2.18. The molecule has 0 saturated carbocycles. The number of aromatic nitrogens is 1. The molecule has 1 unspecified atom stereocenters. The monoisotopic (exact) mass is 191 g/mol. The van der Waals surface area contributed by atoms with Crippen LogP contribution in [0.3, 0.4) is 0 Å². The normalized spacial score (nSPS) is 18.6. The lowest BCUT2D eigenvalue weighted by Crippen LogP contribution is -2.37. The summed E-state index contributed by atoms with van der Waals surface area (Å²) in [6.07, 6.45) is 0. The molecule has 1 aromatic heterocycles. The first kappa shape index (κ1) is 7.03. The van der Waals surface area contributed by atoms with Crippen molar-refractivity contribution in [2.45, 2.75) is 4.90 Å². The Morgan fingerprint density at radius 1 is 1.23 bits per heavy atom. The van der Waals surface area contributed by atoms with Gasteiger partial charge in [0.2, 0.25) is 0 Å². The van der Waals surface area contributed by atoms with Crippen LogP contribution in [0.2, 0.25) is 0 Å². The van der Waals surface area contributed by atoms with Gasteiger partial charge in [-0.25, -0.2) is 8.18 Å². The van der Waals surface area contributed by atoms with Crippen molar-refractivity contribution in [1.29, 1.82) is 0 Å². The number of pyridine rings is 1. The fraction of sp³-hybridized carbons (Fsp3) is 0. The smallest absolute Gasteiger partial charge is 0.267 e. The van der Waals surface area contributed by atoms with Crippen molar-refractivity contribution in [2.24, 2.45) is 0 Å². The van der Waals surface area contributed by atoms with E-state index in [1.807, 2.05) is 18.2 Å². The van der Waals surface area contributed by atoms with Crippen molar-refractivity contribution < 1.29 is 4.21 Å². The van der Waals surface area contributed by atoms with Crippen LogP contribution < -0.4 is 5.56 Å². The minimum atomic E-state index is -1.23. The molecule has 0 radical (unpaired) electrons. The van der Waals surface area contributed by atoms with Gasteiger partial charge in [0.15, 0.2) is 11.0 Å². The second kappa shape index (κ2) is 2.09. The lowest BCUT2D eigenvalue weighted by Gasteiger charge is -2.18. The Balaban J connectivity index is 2.65. The Morgan fingerprint density at radius 2 is 2.00 bits per heavy atom. The van der Waals surface area contributed by atoms with Crippen LogP contribution in [-0.4, -0.2) is 8.18 Å². The number of nitrogens with zero attached hydrogens (tertiary/aromatic N) is 1. The first-order chi connectivity index (χ1) is 6.29. The summed E-state index contributed by atoms with van der Waals surface area (Å²) in [6.45, 7) is 0. The van der Waals surface area contributed by atoms with Crippen LogP contribution in [0, 0.1) is 0 Å². The van der Waals surface area contributed by atoms with Gasteiger partial charge in [-0.15, -0.1) is 0 Å². The van der Waals surface area contributed by atoms with E-state index >= 15 is 0 Å². The predicted octanol–water partition coefficient (Wildman–Crippen LogP) is 0.886. The number of para-hydroxylation sites is 1. The van der Waals surface area contributed by atoms with Crippen molar-refractivity contribution >= 4 is 21.9 Å². The molecule has 3 heterocycles. The summed E-state index contributed by atoms with van der Waals surface area (Å²) in [4.78, 5) is 11.7. The Labute approximate surface area is 76.2 Å². The standard InChI is InChI=1S/C9H5NO2S/c11-9-8-5-6-3-1-2-4-7(6)10(9)13(8)12/h1-5H. The van der Waals surface area contributed by atoms with E-state index in [0.717, 1.165) is 10.9 Å². The van der Waals surface area contributed by atoms with Crippen LogP contribution >= 0.6 is 0 Å². The maximum atomic E-state index is 11.4. The third kappa shape index (κ3) is 0.691. The summed E-state index contributed by atoms with van der Waals surface area (Å²) in [5.41, 5.74) is 0.623. The highest BCUT2D eigenvalue weighted by molar-refractivity contribution is 7.84. The summed E-state index contributed by atoms with van der Waals surface area (Å²) in [5.74, 6) is 0. The quantitative estimate of drug-likeness (QED) is 0.529. The minimum Gasteiger partial charge on any atom is -0.267 e. The Hall–Kier alpha value is -1.42. The zero-order valence-corrected chi connectivity index (χ0v) is 7.38. The molecule has 64 valence electrons. The van der Waals surface area contributed by atoms with E-state index in [1.54, 1.807) is 12.1 Å². The van der Waals surface area contributed by atoms with Gasteiger partial charge in [0, 0.05) is 5.39 Å². The maximum Gasteiger partial charge on any atom is 0.281 e. The van der Waals surface area contributed by atoms with Crippen LogP contribution in [-0.2, 0) is 11.0 Å². The molecule has 2 aliphatic rings. The molecular formula is C9H5NO2S. The molecular weight excluding hydrogens is 186 g/mol. The first-order valence-corrected chi connectivity index (χ1v) is 4.97. The topological polar surface area (TPSA) is 39.1 Å². The van der Waals surface area contributed by atoms with E-state index in [1.165, 1.54) is 3.97 Å². The molecule has 0 spiro atoms. The zero-order chi connectivity index (χ0) is 9.00. The Bertz CT molecular complexity index is 600. The van der Waals surface area contributed by atoms with Gasteiger partial charge in [-0.1, -0.05) is 18.2 Å². The molecule has 2 aliphatic heterocycles. The molecule has 0 amide bonds. The summed E-state index contributed by atoms with van der Waals surface area (Å²) in [5, 5.41) is 0.969. The second-order valence-corrected chi connectivity index (χ2v) is 4.22. The summed E-state index contributed by atoms with van der Waals surface area (Å²) >= 11 is 0. The van der Waals surface area contributed by atoms with E-state index in [0.29, 0.717) is 4.90 Å². The van der Waals surface area contributed by atoms with Crippen molar-refractivity contribution in [1.82, 2.24) is 3.97 Å². The third-order valence-electron chi connectivity index (χ3n) is 2.19. The predicted molar refractivity (Wildman–Crippen MR) is 50.0 cm³/mol. The maximum absolute atomic E-state index is 11.4. The second-order valence-electron chi connectivity index (χ2n) is 2.92. The molecule has 0 saturated heterocycles.